The molecular weight excluding hydrogens is 366 g/mol. The van der Waals surface area contributed by atoms with Crippen LogP contribution >= 0.6 is 0 Å². The zero-order valence-electron chi connectivity index (χ0n) is 18.1. The van der Waals surface area contributed by atoms with Crippen LogP contribution in [0.2, 0.25) is 0 Å². The van der Waals surface area contributed by atoms with E-state index in [1.54, 1.807) is 7.11 Å². The van der Waals surface area contributed by atoms with Gasteiger partial charge in [0, 0.05) is 62.9 Å². The molecule has 3 saturated heterocycles. The Hall–Kier alpha value is -1.79. The molecule has 1 atom stereocenters. The average Bonchev–Trinajstić information content (AvgIpc) is 3.39. The molecule has 1 unspecified atom stereocenters. The van der Waals surface area contributed by atoms with Crippen LogP contribution in [0.1, 0.15) is 36.8 Å². The Morgan fingerprint density at radius 2 is 1.97 bits per heavy atom. The number of rotatable bonds is 4. The highest BCUT2D eigenvalue weighted by Gasteiger charge is 2.43. The van der Waals surface area contributed by atoms with Gasteiger partial charge in [-0.05, 0) is 38.7 Å². The number of nitrogens with one attached hydrogen (secondary N) is 1. The first-order chi connectivity index (χ1) is 14.1. The number of guanidine groups is 1. The Bertz CT molecular complexity index is 737. The van der Waals surface area contributed by atoms with E-state index in [0.29, 0.717) is 5.41 Å². The van der Waals surface area contributed by atoms with Crippen molar-refractivity contribution >= 4 is 5.96 Å². The van der Waals surface area contributed by atoms with Crippen molar-refractivity contribution in [3.8, 4) is 5.75 Å². The molecule has 0 aromatic heterocycles. The monoisotopic (exact) mass is 401 g/mol. The minimum Gasteiger partial charge on any atom is -0.496 e. The molecule has 0 bridgehead atoms. The first kappa shape index (κ1) is 20.5. The Balaban J connectivity index is 1.52. The second-order valence-electron chi connectivity index (χ2n) is 8.97. The zero-order chi connectivity index (χ0) is 20.3. The van der Waals surface area contributed by atoms with Gasteiger partial charge >= 0.3 is 0 Å². The zero-order valence-corrected chi connectivity index (χ0v) is 18.1. The van der Waals surface area contributed by atoms with Gasteiger partial charge in [0.2, 0.25) is 0 Å². The van der Waals surface area contributed by atoms with Gasteiger partial charge in [-0.25, -0.2) is 0 Å². The van der Waals surface area contributed by atoms with Gasteiger partial charge in [0.1, 0.15) is 5.75 Å². The molecule has 1 aromatic rings. The van der Waals surface area contributed by atoms with Crippen LogP contribution in [0.15, 0.2) is 23.2 Å². The van der Waals surface area contributed by atoms with Gasteiger partial charge in [0.15, 0.2) is 5.96 Å². The van der Waals surface area contributed by atoms with E-state index >= 15 is 0 Å². The number of hydrogen-bond donors (Lipinski definition) is 1. The lowest BCUT2D eigenvalue weighted by Gasteiger charge is -2.39. The van der Waals surface area contributed by atoms with Crippen molar-refractivity contribution in [3.63, 3.8) is 0 Å². The van der Waals surface area contributed by atoms with E-state index < -0.39 is 0 Å². The van der Waals surface area contributed by atoms with Gasteiger partial charge < -0.3 is 24.4 Å². The maximum Gasteiger partial charge on any atom is 0.193 e. The fraction of sp³-hybridized carbons (Fsp3) is 0.696. The quantitative estimate of drug-likeness (QED) is 0.621. The maximum absolute atomic E-state index is 5.75. The largest absolute Gasteiger partial charge is 0.496 e. The van der Waals surface area contributed by atoms with Gasteiger partial charge in [0.05, 0.1) is 13.7 Å². The summed E-state index contributed by atoms with van der Waals surface area (Å²) in [5.74, 6) is 1.98. The molecule has 0 amide bonds. The summed E-state index contributed by atoms with van der Waals surface area (Å²) in [5, 5.41) is 3.72. The summed E-state index contributed by atoms with van der Waals surface area (Å²) in [6, 6.07) is 6.51. The third-order valence-corrected chi connectivity index (χ3v) is 7.10. The molecule has 4 rings (SSSR count). The Labute approximate surface area is 174 Å². The third-order valence-electron chi connectivity index (χ3n) is 7.10. The first-order valence-electron chi connectivity index (χ1n) is 10.9. The molecule has 1 N–H and O–H groups in total. The summed E-state index contributed by atoms with van der Waals surface area (Å²) in [6.07, 6.45) is 4.32. The fourth-order valence-corrected chi connectivity index (χ4v) is 5.21. The molecule has 160 valence electrons. The number of methoxy groups -OCH3 is 1. The van der Waals surface area contributed by atoms with E-state index in [4.69, 9.17) is 14.2 Å². The van der Waals surface area contributed by atoms with Gasteiger partial charge in [0.25, 0.3) is 0 Å². The highest BCUT2D eigenvalue weighted by Crippen LogP contribution is 2.41. The number of hydrogen-bond acceptors (Lipinski definition) is 4. The minimum atomic E-state index is -0.0145. The fourth-order valence-electron chi connectivity index (χ4n) is 5.21. The van der Waals surface area contributed by atoms with Crippen molar-refractivity contribution < 1.29 is 14.2 Å². The Kier molecular flexibility index (Phi) is 6.02. The maximum atomic E-state index is 5.75. The molecule has 0 aliphatic carbocycles. The Morgan fingerprint density at radius 3 is 2.66 bits per heavy atom. The second-order valence-corrected chi connectivity index (χ2v) is 8.97. The van der Waals surface area contributed by atoms with Gasteiger partial charge in [-0.2, -0.15) is 0 Å². The lowest BCUT2D eigenvalue weighted by Crippen LogP contribution is -2.49. The third kappa shape index (κ3) is 4.10. The molecule has 6 nitrogen and oxygen atoms in total. The number of aryl methyl sites for hydroxylation is 1. The van der Waals surface area contributed by atoms with Crippen molar-refractivity contribution in [2.45, 2.75) is 38.0 Å². The summed E-state index contributed by atoms with van der Waals surface area (Å²) < 4.78 is 17.2. The Morgan fingerprint density at radius 1 is 1.17 bits per heavy atom. The number of nitrogens with zero attached hydrogens (tertiary/aromatic N) is 2. The summed E-state index contributed by atoms with van der Waals surface area (Å²) in [4.78, 5) is 7.03. The van der Waals surface area contributed by atoms with Crippen molar-refractivity contribution in [1.82, 2.24) is 10.2 Å². The molecule has 1 spiro atoms. The molecular formula is C23H35N3O3. The van der Waals surface area contributed by atoms with Gasteiger partial charge in [-0.1, -0.05) is 17.7 Å². The van der Waals surface area contributed by atoms with Crippen LogP contribution in [-0.4, -0.2) is 71.1 Å². The van der Waals surface area contributed by atoms with E-state index in [-0.39, 0.29) is 5.41 Å². The van der Waals surface area contributed by atoms with Gasteiger partial charge in [-0.3, -0.25) is 4.99 Å². The van der Waals surface area contributed by atoms with Crippen LogP contribution in [0.4, 0.5) is 0 Å². The number of aliphatic imine (C=N–C) groups is 1. The van der Waals surface area contributed by atoms with E-state index in [1.807, 2.05) is 7.05 Å². The summed E-state index contributed by atoms with van der Waals surface area (Å²) >= 11 is 0. The topological polar surface area (TPSA) is 55.3 Å². The predicted octanol–water partition coefficient (Wildman–Crippen LogP) is 2.74. The van der Waals surface area contributed by atoms with E-state index in [2.05, 4.69) is 40.3 Å². The van der Waals surface area contributed by atoms with Crippen LogP contribution in [0.3, 0.4) is 0 Å². The van der Waals surface area contributed by atoms with Crippen molar-refractivity contribution in [1.29, 1.82) is 0 Å². The molecule has 29 heavy (non-hydrogen) atoms. The standard InChI is InChI=1S/C23H35N3O3/c1-18-4-5-20(27-3)19(14-18)23(8-12-28-13-9-23)15-25-21(24-2)26-10-6-22(16-26)7-11-29-17-22/h4-5,14H,6-13,15-17H2,1-3H3,(H,24,25). The van der Waals surface area contributed by atoms with Crippen LogP contribution in [-0.2, 0) is 14.9 Å². The molecule has 3 heterocycles. The summed E-state index contributed by atoms with van der Waals surface area (Å²) in [6.45, 7) is 8.42. The van der Waals surface area contributed by atoms with Crippen molar-refractivity contribution in [3.05, 3.63) is 29.3 Å². The van der Waals surface area contributed by atoms with E-state index in [9.17, 15) is 0 Å². The number of benzene rings is 1. The molecule has 3 fully saturated rings. The molecule has 3 aliphatic heterocycles. The number of ether oxygens (including phenoxy) is 3. The van der Waals surface area contributed by atoms with Crippen LogP contribution in [0, 0.1) is 12.3 Å². The summed E-state index contributed by atoms with van der Waals surface area (Å²) in [7, 11) is 3.66. The lowest BCUT2D eigenvalue weighted by molar-refractivity contribution is 0.0503. The van der Waals surface area contributed by atoms with E-state index in [1.165, 1.54) is 24.0 Å². The highest BCUT2D eigenvalue weighted by molar-refractivity contribution is 5.80. The smallest absolute Gasteiger partial charge is 0.193 e. The molecule has 6 heteroatoms. The normalized spacial score (nSPS) is 26.9. The van der Waals surface area contributed by atoms with Gasteiger partial charge in [-0.15, -0.1) is 0 Å². The van der Waals surface area contributed by atoms with Crippen molar-refractivity contribution in [2.24, 2.45) is 10.4 Å². The highest BCUT2D eigenvalue weighted by atomic mass is 16.5. The van der Waals surface area contributed by atoms with Crippen LogP contribution in [0.5, 0.6) is 5.75 Å². The molecule has 0 saturated carbocycles. The second kappa shape index (κ2) is 8.52. The first-order valence-corrected chi connectivity index (χ1v) is 10.9. The van der Waals surface area contributed by atoms with Crippen LogP contribution < -0.4 is 10.1 Å². The lowest BCUT2D eigenvalue weighted by atomic mass is 9.73. The van der Waals surface area contributed by atoms with E-state index in [0.717, 1.165) is 70.6 Å². The average molecular weight is 402 g/mol. The molecule has 3 aliphatic rings. The molecule has 1 aromatic carbocycles. The van der Waals surface area contributed by atoms with Crippen LogP contribution in [0.25, 0.3) is 0 Å². The minimum absolute atomic E-state index is 0.0145. The number of likely N-dealkylation sites (tertiary alicyclic amines) is 1. The van der Waals surface area contributed by atoms with Crippen molar-refractivity contribution in [2.75, 3.05) is 60.2 Å². The summed E-state index contributed by atoms with van der Waals surface area (Å²) in [5.41, 5.74) is 2.86. The SMILES string of the molecule is CN=C(NCC1(c2cc(C)ccc2OC)CCOCC1)N1CCC2(CCOC2)C1. The predicted molar refractivity (Wildman–Crippen MR) is 115 cm³/mol. The molecule has 0 radical (unpaired) electrons.